The Morgan fingerprint density at radius 2 is 1.96 bits per heavy atom. The van der Waals surface area contributed by atoms with Gasteiger partial charge in [0.2, 0.25) is 0 Å². The summed E-state index contributed by atoms with van der Waals surface area (Å²) in [7, 11) is 1.29. The molecule has 7 heteroatoms. The predicted molar refractivity (Wildman–Crippen MR) is 107 cm³/mol. The van der Waals surface area contributed by atoms with Crippen molar-refractivity contribution in [2.75, 3.05) is 13.7 Å². The van der Waals surface area contributed by atoms with Gasteiger partial charge < -0.3 is 14.0 Å². The third-order valence-corrected chi connectivity index (χ3v) is 4.54. The third kappa shape index (κ3) is 4.23. The first kappa shape index (κ1) is 18.8. The molecule has 0 bridgehead atoms. The highest BCUT2D eigenvalue weighted by molar-refractivity contribution is 6.32. The molecule has 140 valence electrons. The molecule has 2 aromatic carbocycles. The normalized spacial score (nSPS) is 11.1. The van der Waals surface area contributed by atoms with Crippen molar-refractivity contribution >= 4 is 34.8 Å². The van der Waals surface area contributed by atoms with Crippen LogP contribution in [0.15, 0.2) is 53.6 Å². The molecule has 0 saturated heterocycles. The number of nitrogens with zero attached hydrogens (tertiary/aromatic N) is 2. The SMILES string of the molecule is COC(=O)N/N=C/c1c(C)n(CCOc2ccccc2Cl)c2ccccc12. The van der Waals surface area contributed by atoms with E-state index >= 15 is 0 Å². The fraction of sp³-hybridized carbons (Fsp3) is 0.200. The van der Waals surface area contributed by atoms with Crippen LogP contribution in [0.1, 0.15) is 11.3 Å². The van der Waals surface area contributed by atoms with E-state index in [0.717, 1.165) is 22.2 Å². The Morgan fingerprint density at radius 1 is 1.22 bits per heavy atom. The Labute approximate surface area is 162 Å². The Balaban J connectivity index is 1.82. The summed E-state index contributed by atoms with van der Waals surface area (Å²) in [6.07, 6.45) is 1.01. The molecule has 0 atom stereocenters. The summed E-state index contributed by atoms with van der Waals surface area (Å²) in [6, 6.07) is 15.4. The molecule has 6 nitrogen and oxygen atoms in total. The van der Waals surface area contributed by atoms with Crippen molar-refractivity contribution in [3.8, 4) is 5.75 Å². The Hall–Kier alpha value is -2.99. The molecule has 1 aromatic heterocycles. The zero-order valence-electron chi connectivity index (χ0n) is 15.1. The number of carbonyl (C=O) groups is 1. The number of aromatic nitrogens is 1. The number of carbonyl (C=O) groups excluding carboxylic acids is 1. The lowest BCUT2D eigenvalue weighted by Gasteiger charge is -2.11. The van der Waals surface area contributed by atoms with Crippen molar-refractivity contribution in [2.45, 2.75) is 13.5 Å². The van der Waals surface area contributed by atoms with E-state index in [1.54, 1.807) is 12.3 Å². The van der Waals surface area contributed by atoms with Gasteiger partial charge in [-0.3, -0.25) is 0 Å². The number of hydrogen-bond acceptors (Lipinski definition) is 4. The van der Waals surface area contributed by atoms with Gasteiger partial charge in [0.05, 0.1) is 24.9 Å². The average Bonchev–Trinajstić information content (AvgIpc) is 2.95. The number of hydrazone groups is 1. The van der Waals surface area contributed by atoms with Gasteiger partial charge in [-0.15, -0.1) is 0 Å². The molecule has 27 heavy (non-hydrogen) atoms. The molecule has 0 spiro atoms. The summed E-state index contributed by atoms with van der Waals surface area (Å²) in [4.78, 5) is 11.2. The van der Waals surface area contributed by atoms with Crippen LogP contribution in [0.2, 0.25) is 5.02 Å². The second-order valence-electron chi connectivity index (χ2n) is 5.81. The van der Waals surface area contributed by atoms with Crippen LogP contribution in [0.4, 0.5) is 4.79 Å². The lowest BCUT2D eigenvalue weighted by Crippen LogP contribution is -2.16. The van der Waals surface area contributed by atoms with E-state index < -0.39 is 6.09 Å². The molecule has 0 aliphatic heterocycles. The van der Waals surface area contributed by atoms with Gasteiger partial charge in [0.15, 0.2) is 0 Å². The van der Waals surface area contributed by atoms with Gasteiger partial charge >= 0.3 is 6.09 Å². The summed E-state index contributed by atoms with van der Waals surface area (Å²) < 4.78 is 12.5. The van der Waals surface area contributed by atoms with Gasteiger partial charge in [-0.05, 0) is 25.1 Å². The van der Waals surface area contributed by atoms with E-state index in [2.05, 4.69) is 19.8 Å². The molecule has 0 saturated carbocycles. The molecule has 3 rings (SSSR count). The number of para-hydroxylation sites is 2. The summed E-state index contributed by atoms with van der Waals surface area (Å²) >= 11 is 6.14. The van der Waals surface area contributed by atoms with Crippen molar-refractivity contribution in [3.63, 3.8) is 0 Å². The van der Waals surface area contributed by atoms with E-state index in [1.807, 2.05) is 49.4 Å². The highest BCUT2D eigenvalue weighted by Crippen LogP contribution is 2.26. The maximum absolute atomic E-state index is 11.2. The standard InChI is InChI=1S/C20H20ClN3O3/c1-14-16(13-22-23-20(25)26-2)15-7-3-5-9-18(15)24(14)11-12-27-19-10-6-4-8-17(19)21/h3-10,13H,11-12H2,1-2H3,(H,23,25)/b22-13+. The molecule has 0 aliphatic carbocycles. The smallest absolute Gasteiger partial charge is 0.427 e. The zero-order valence-corrected chi connectivity index (χ0v) is 15.9. The molecule has 0 fully saturated rings. The lowest BCUT2D eigenvalue weighted by atomic mass is 10.1. The number of methoxy groups -OCH3 is 1. The van der Waals surface area contributed by atoms with Gasteiger partial charge in [0, 0.05) is 22.2 Å². The summed E-state index contributed by atoms with van der Waals surface area (Å²) in [5, 5.41) is 5.60. The quantitative estimate of drug-likeness (QED) is 0.506. The molecular weight excluding hydrogens is 366 g/mol. The van der Waals surface area contributed by atoms with Crippen molar-refractivity contribution in [3.05, 3.63) is 64.8 Å². The number of halogens is 1. The van der Waals surface area contributed by atoms with Crippen LogP contribution >= 0.6 is 11.6 Å². The van der Waals surface area contributed by atoms with Gasteiger partial charge in [-0.25, -0.2) is 10.2 Å². The van der Waals surface area contributed by atoms with E-state index in [0.29, 0.717) is 23.9 Å². The van der Waals surface area contributed by atoms with Crippen LogP contribution in [0, 0.1) is 6.92 Å². The topological polar surface area (TPSA) is 64.8 Å². The number of ether oxygens (including phenoxy) is 2. The first-order valence-electron chi connectivity index (χ1n) is 8.44. The second kappa shape index (κ2) is 8.60. The Bertz CT molecular complexity index is 982. The van der Waals surface area contributed by atoms with E-state index in [1.165, 1.54) is 7.11 Å². The number of rotatable bonds is 6. The van der Waals surface area contributed by atoms with Gasteiger partial charge in [0.25, 0.3) is 0 Å². The fourth-order valence-electron chi connectivity index (χ4n) is 2.91. The minimum Gasteiger partial charge on any atom is -0.490 e. The van der Waals surface area contributed by atoms with E-state index in [4.69, 9.17) is 16.3 Å². The summed E-state index contributed by atoms with van der Waals surface area (Å²) in [5.74, 6) is 0.664. The van der Waals surface area contributed by atoms with E-state index in [-0.39, 0.29) is 0 Å². The largest absolute Gasteiger partial charge is 0.490 e. The van der Waals surface area contributed by atoms with Crippen LogP contribution in [0.25, 0.3) is 10.9 Å². The number of fused-ring (bicyclic) bond motifs is 1. The van der Waals surface area contributed by atoms with Crippen LogP contribution in [-0.4, -0.2) is 30.6 Å². The van der Waals surface area contributed by atoms with Crippen LogP contribution in [0.3, 0.4) is 0 Å². The highest BCUT2D eigenvalue weighted by atomic mass is 35.5. The van der Waals surface area contributed by atoms with E-state index in [9.17, 15) is 4.79 Å². The van der Waals surface area contributed by atoms with Crippen LogP contribution in [-0.2, 0) is 11.3 Å². The van der Waals surface area contributed by atoms with Crippen molar-refractivity contribution < 1.29 is 14.3 Å². The Morgan fingerprint density at radius 3 is 2.74 bits per heavy atom. The monoisotopic (exact) mass is 385 g/mol. The molecule has 0 radical (unpaired) electrons. The van der Waals surface area contributed by atoms with Gasteiger partial charge in [-0.2, -0.15) is 5.10 Å². The summed E-state index contributed by atoms with van der Waals surface area (Å²) in [6.45, 7) is 3.13. The minimum absolute atomic E-state index is 0.472. The number of benzene rings is 2. The molecule has 1 amide bonds. The van der Waals surface area contributed by atoms with Crippen LogP contribution < -0.4 is 10.2 Å². The first-order valence-corrected chi connectivity index (χ1v) is 8.81. The average molecular weight is 386 g/mol. The first-order chi connectivity index (χ1) is 13.1. The number of hydrogen-bond donors (Lipinski definition) is 1. The van der Waals surface area contributed by atoms with Crippen molar-refractivity contribution in [1.29, 1.82) is 0 Å². The number of amides is 1. The second-order valence-corrected chi connectivity index (χ2v) is 6.22. The zero-order chi connectivity index (χ0) is 19.2. The predicted octanol–water partition coefficient (Wildman–Crippen LogP) is 4.37. The third-order valence-electron chi connectivity index (χ3n) is 4.22. The van der Waals surface area contributed by atoms with Crippen LogP contribution in [0.5, 0.6) is 5.75 Å². The maximum Gasteiger partial charge on any atom is 0.427 e. The molecular formula is C20H20ClN3O3. The van der Waals surface area contributed by atoms with Crippen molar-refractivity contribution in [1.82, 2.24) is 9.99 Å². The molecule has 3 aromatic rings. The fourth-order valence-corrected chi connectivity index (χ4v) is 3.10. The Kier molecular flexibility index (Phi) is 5.98. The maximum atomic E-state index is 11.2. The number of nitrogens with one attached hydrogen (secondary N) is 1. The minimum atomic E-state index is -0.610. The molecule has 0 aliphatic rings. The lowest BCUT2D eigenvalue weighted by molar-refractivity contribution is 0.171. The summed E-state index contributed by atoms with van der Waals surface area (Å²) in [5.41, 5.74) is 5.33. The van der Waals surface area contributed by atoms with Crippen molar-refractivity contribution in [2.24, 2.45) is 5.10 Å². The molecule has 1 heterocycles. The highest BCUT2D eigenvalue weighted by Gasteiger charge is 2.12. The van der Waals surface area contributed by atoms with Gasteiger partial charge in [-0.1, -0.05) is 41.9 Å². The van der Waals surface area contributed by atoms with Gasteiger partial charge in [0.1, 0.15) is 12.4 Å². The molecule has 0 unspecified atom stereocenters. The molecule has 1 N–H and O–H groups in total.